The molecular formula is C45H58ClN7O9. The van der Waals surface area contributed by atoms with Gasteiger partial charge in [-0.05, 0) is 79.7 Å². The molecule has 3 aromatic carbocycles. The van der Waals surface area contributed by atoms with Gasteiger partial charge in [-0.2, -0.15) is 0 Å². The van der Waals surface area contributed by atoms with Crippen LogP contribution in [0, 0.1) is 5.92 Å². The number of carboxylic acids is 1. The van der Waals surface area contributed by atoms with Crippen LogP contribution >= 0.6 is 11.6 Å². The van der Waals surface area contributed by atoms with Crippen molar-refractivity contribution in [2.45, 2.75) is 102 Å². The topological polar surface area (TPSA) is 235 Å². The van der Waals surface area contributed by atoms with E-state index in [9.17, 15) is 43.8 Å². The quantitative estimate of drug-likeness (QED) is 0.126. The number of aryl methyl sites for hydroxylation is 2. The molecule has 1 heterocycles. The molecule has 4 rings (SSSR count). The predicted octanol–water partition coefficient (Wildman–Crippen LogP) is 3.23. The van der Waals surface area contributed by atoms with Crippen molar-refractivity contribution >= 4 is 53.1 Å². The number of hydrogen-bond acceptors (Lipinski definition) is 8. The first-order valence-electron chi connectivity index (χ1n) is 20.9. The first-order valence-corrected chi connectivity index (χ1v) is 21.3. The number of aliphatic carboxylic acids is 1. The number of carbonyl (C=O) groups excluding carboxylic acids is 6. The molecule has 0 bridgehead atoms. The maximum atomic E-state index is 14.2. The van der Waals surface area contributed by atoms with Gasteiger partial charge in [0, 0.05) is 20.0 Å². The number of benzene rings is 3. The van der Waals surface area contributed by atoms with Crippen molar-refractivity contribution in [2.75, 3.05) is 20.1 Å². The number of nitrogens with zero attached hydrogens (tertiary/aromatic N) is 1. The highest BCUT2D eigenvalue weighted by molar-refractivity contribution is 6.32. The summed E-state index contributed by atoms with van der Waals surface area (Å²) in [6.45, 7) is 3.31. The predicted molar refractivity (Wildman–Crippen MR) is 233 cm³/mol. The van der Waals surface area contributed by atoms with Gasteiger partial charge in [0.05, 0.1) is 11.6 Å². The van der Waals surface area contributed by atoms with Crippen molar-refractivity contribution in [2.24, 2.45) is 5.92 Å². The maximum Gasteiger partial charge on any atom is 0.326 e. The van der Waals surface area contributed by atoms with Crippen LogP contribution in [0.2, 0.25) is 5.02 Å². The van der Waals surface area contributed by atoms with Gasteiger partial charge in [-0.25, -0.2) is 9.59 Å². The zero-order valence-corrected chi connectivity index (χ0v) is 36.1. The highest BCUT2D eigenvalue weighted by Crippen LogP contribution is 2.24. The average molecular weight is 876 g/mol. The first kappa shape index (κ1) is 48.5. The van der Waals surface area contributed by atoms with Crippen molar-refractivity contribution in [1.82, 2.24) is 36.8 Å². The molecule has 3 aromatic rings. The van der Waals surface area contributed by atoms with E-state index in [-0.39, 0.29) is 49.4 Å². The molecule has 0 aromatic heterocycles. The van der Waals surface area contributed by atoms with Gasteiger partial charge in [0.2, 0.25) is 29.5 Å². The SMILES string of the molecule is CCC(C)C1NC(=O)C(NC(=O)NC(Cc2ccccc2)C(=O)O)CCCCNC(=O)C(CCc2ccccc2)NC(=O)CN(C)C(=O)C(CCc2ccc(O)c(Cl)c2)NC1=O. The Morgan fingerprint density at radius 3 is 2.11 bits per heavy atom. The number of phenolic OH excluding ortho intramolecular Hbond substituents is 1. The van der Waals surface area contributed by atoms with Crippen molar-refractivity contribution in [1.29, 1.82) is 0 Å². The summed E-state index contributed by atoms with van der Waals surface area (Å²) in [5.74, 6) is -4.91. The molecule has 6 atom stereocenters. The fourth-order valence-corrected chi connectivity index (χ4v) is 7.20. The van der Waals surface area contributed by atoms with E-state index in [0.29, 0.717) is 36.8 Å². The van der Waals surface area contributed by atoms with Gasteiger partial charge in [0.1, 0.15) is 36.0 Å². The van der Waals surface area contributed by atoms with E-state index in [4.69, 9.17) is 11.6 Å². The summed E-state index contributed by atoms with van der Waals surface area (Å²) < 4.78 is 0. The molecule has 7 amide bonds. The van der Waals surface area contributed by atoms with Gasteiger partial charge in [-0.1, -0.05) is 98.6 Å². The third-order valence-corrected chi connectivity index (χ3v) is 11.1. The zero-order chi connectivity index (χ0) is 45.2. The third kappa shape index (κ3) is 15.4. The lowest BCUT2D eigenvalue weighted by molar-refractivity contribution is -0.140. The number of nitrogens with one attached hydrogen (secondary N) is 6. The highest BCUT2D eigenvalue weighted by atomic mass is 35.5. The van der Waals surface area contributed by atoms with E-state index >= 15 is 0 Å². The van der Waals surface area contributed by atoms with E-state index in [2.05, 4.69) is 31.9 Å². The molecule has 17 heteroatoms. The second-order valence-electron chi connectivity index (χ2n) is 15.6. The van der Waals surface area contributed by atoms with E-state index in [1.807, 2.05) is 37.3 Å². The van der Waals surface area contributed by atoms with Crippen LogP contribution in [-0.2, 0) is 48.0 Å². The molecule has 0 aliphatic carbocycles. The lowest BCUT2D eigenvalue weighted by Gasteiger charge is -2.30. The number of aromatic hydroxyl groups is 1. The Labute approximate surface area is 366 Å². The minimum absolute atomic E-state index is 0.0158. The molecule has 6 unspecified atom stereocenters. The smallest absolute Gasteiger partial charge is 0.326 e. The molecule has 0 spiro atoms. The van der Waals surface area contributed by atoms with E-state index < -0.39 is 84.2 Å². The van der Waals surface area contributed by atoms with Gasteiger partial charge < -0.3 is 47.0 Å². The molecule has 0 radical (unpaired) electrons. The molecular weight excluding hydrogens is 818 g/mol. The van der Waals surface area contributed by atoms with Crippen molar-refractivity contribution in [3.05, 3.63) is 101 Å². The second-order valence-corrected chi connectivity index (χ2v) is 16.0. The van der Waals surface area contributed by atoms with E-state index in [1.54, 1.807) is 43.3 Å². The summed E-state index contributed by atoms with van der Waals surface area (Å²) in [7, 11) is 1.41. The van der Waals surface area contributed by atoms with Gasteiger partial charge in [0.25, 0.3) is 0 Å². The van der Waals surface area contributed by atoms with Crippen LogP contribution in [-0.4, -0.2) is 107 Å². The van der Waals surface area contributed by atoms with Gasteiger partial charge in [-0.15, -0.1) is 0 Å². The van der Waals surface area contributed by atoms with Crippen LogP contribution in [0.15, 0.2) is 78.9 Å². The lowest BCUT2D eigenvalue weighted by atomic mass is 9.96. The van der Waals surface area contributed by atoms with Gasteiger partial charge in [-0.3, -0.25) is 24.0 Å². The molecule has 16 nitrogen and oxygen atoms in total. The minimum Gasteiger partial charge on any atom is -0.506 e. The fraction of sp³-hybridized carbons (Fsp3) is 0.444. The molecule has 62 heavy (non-hydrogen) atoms. The summed E-state index contributed by atoms with van der Waals surface area (Å²) in [4.78, 5) is 96.1. The third-order valence-electron chi connectivity index (χ3n) is 10.8. The lowest BCUT2D eigenvalue weighted by Crippen LogP contribution is -2.60. The minimum atomic E-state index is -1.32. The van der Waals surface area contributed by atoms with E-state index in [0.717, 1.165) is 10.5 Å². The number of halogens is 1. The largest absolute Gasteiger partial charge is 0.506 e. The number of phenols is 1. The van der Waals surface area contributed by atoms with Crippen molar-refractivity contribution in [3.8, 4) is 5.75 Å². The van der Waals surface area contributed by atoms with Gasteiger partial charge >= 0.3 is 12.0 Å². The van der Waals surface area contributed by atoms with Crippen LogP contribution in [0.5, 0.6) is 5.75 Å². The molecule has 1 fully saturated rings. The Balaban J connectivity index is 1.63. The first-order chi connectivity index (χ1) is 29.6. The van der Waals surface area contributed by atoms with Crippen LogP contribution in [0.4, 0.5) is 4.79 Å². The van der Waals surface area contributed by atoms with Crippen LogP contribution < -0.4 is 31.9 Å². The molecule has 1 aliphatic heterocycles. The summed E-state index contributed by atoms with van der Waals surface area (Å²) >= 11 is 6.15. The van der Waals surface area contributed by atoms with Gasteiger partial charge in [0.15, 0.2) is 0 Å². The van der Waals surface area contributed by atoms with E-state index in [1.165, 1.54) is 19.2 Å². The number of urea groups is 1. The summed E-state index contributed by atoms with van der Waals surface area (Å²) in [5, 5.41) is 36.2. The number of carboxylic acid groups (broad SMARTS) is 1. The average Bonchev–Trinajstić information content (AvgIpc) is 3.25. The monoisotopic (exact) mass is 875 g/mol. The van der Waals surface area contributed by atoms with Crippen molar-refractivity contribution < 1.29 is 43.8 Å². The molecule has 8 N–H and O–H groups in total. The molecule has 0 saturated carbocycles. The summed E-state index contributed by atoms with van der Waals surface area (Å²) in [6, 6.07) is 15.9. The Bertz CT molecular complexity index is 2010. The summed E-state index contributed by atoms with van der Waals surface area (Å²) in [6.07, 6.45) is 2.15. The Morgan fingerprint density at radius 2 is 1.47 bits per heavy atom. The fourth-order valence-electron chi connectivity index (χ4n) is 7.00. The molecule has 1 saturated heterocycles. The standard InChI is InChI=1S/C45H58ClN7O9/c1-4-28(2)39-42(58)49-35(22-19-31-20-23-37(54)32(46)25-31)43(59)53(3)27-38(55)48-34(21-18-29-13-7-5-8-14-29)40(56)47-24-12-11-17-33(41(57)52-39)50-45(62)51-36(44(60)61)26-30-15-9-6-10-16-30/h5-10,13-16,20,23,25,28,33-36,39,54H,4,11-12,17-19,21-22,24,26-27H2,1-3H3,(H,47,56)(H,48,55)(H,49,58)(H,52,57)(H,60,61)(H2,50,51,62). The van der Waals surface area contributed by atoms with Crippen LogP contribution in [0.1, 0.15) is 69.1 Å². The van der Waals surface area contributed by atoms with Crippen molar-refractivity contribution in [3.63, 3.8) is 0 Å². The maximum absolute atomic E-state index is 14.2. The number of likely N-dealkylation sites (N-methyl/N-ethyl adjacent to an activating group) is 1. The molecule has 1 aliphatic rings. The number of amides is 7. The molecule has 334 valence electrons. The Hall–Kier alpha value is -6.16. The van der Waals surface area contributed by atoms with Crippen LogP contribution in [0.25, 0.3) is 0 Å². The highest BCUT2D eigenvalue weighted by Gasteiger charge is 2.34. The summed E-state index contributed by atoms with van der Waals surface area (Å²) in [5.41, 5.74) is 2.29. The van der Waals surface area contributed by atoms with Crippen LogP contribution in [0.3, 0.4) is 0 Å². The second kappa shape index (κ2) is 24.3. The normalized spacial score (nSPS) is 20.8. The number of rotatable bonds is 13. The number of hydrogen-bond donors (Lipinski definition) is 8. The Morgan fingerprint density at radius 1 is 0.823 bits per heavy atom. The zero-order valence-electron chi connectivity index (χ0n) is 35.3. The number of carbonyl (C=O) groups is 7. The Kier molecular flexibility index (Phi) is 19.0.